The van der Waals surface area contributed by atoms with E-state index < -0.39 is 10.9 Å². The van der Waals surface area contributed by atoms with E-state index in [9.17, 15) is 14.9 Å². The van der Waals surface area contributed by atoms with Gasteiger partial charge in [0.25, 0.3) is 0 Å². The highest BCUT2D eigenvalue weighted by Crippen LogP contribution is 2.28. The summed E-state index contributed by atoms with van der Waals surface area (Å²) >= 11 is 0. The quantitative estimate of drug-likeness (QED) is 0.423. The van der Waals surface area contributed by atoms with Crippen LogP contribution in [0.5, 0.6) is 0 Å². The second-order valence-electron chi connectivity index (χ2n) is 4.19. The van der Waals surface area contributed by atoms with Gasteiger partial charge < -0.3 is 10.4 Å². The molecule has 0 aliphatic heterocycles. The van der Waals surface area contributed by atoms with Crippen LogP contribution in [0.3, 0.4) is 0 Å². The predicted octanol–water partition coefficient (Wildman–Crippen LogP) is 1.79. The molecule has 0 bridgehead atoms. The number of carboxylic acids is 1. The molecule has 0 saturated heterocycles. The number of rotatable bonds is 8. The molecule has 19 heavy (non-hydrogen) atoms. The number of anilines is 1. The first kappa shape index (κ1) is 14.9. The van der Waals surface area contributed by atoms with Crippen molar-refractivity contribution in [3.8, 4) is 0 Å². The average molecular weight is 270 g/mol. The van der Waals surface area contributed by atoms with Crippen LogP contribution >= 0.6 is 0 Å². The van der Waals surface area contributed by atoms with Gasteiger partial charge in [0, 0.05) is 19.5 Å². The van der Waals surface area contributed by atoms with Crippen molar-refractivity contribution in [2.45, 2.75) is 39.7 Å². The molecule has 0 atom stereocenters. The second kappa shape index (κ2) is 6.72. The predicted molar refractivity (Wildman–Crippen MR) is 69.3 cm³/mol. The molecule has 2 N–H and O–H groups in total. The first-order valence-electron chi connectivity index (χ1n) is 6.14. The molecule has 8 heteroatoms. The Morgan fingerprint density at radius 3 is 2.79 bits per heavy atom. The van der Waals surface area contributed by atoms with Gasteiger partial charge in [-0.3, -0.25) is 14.9 Å². The highest BCUT2D eigenvalue weighted by molar-refractivity contribution is 5.66. The molecule has 0 radical (unpaired) electrons. The SMILES string of the molecule is CCCn1nc(C)c([N+](=O)[O-])c1NCCCC(=O)O. The van der Waals surface area contributed by atoms with E-state index in [2.05, 4.69) is 10.4 Å². The van der Waals surface area contributed by atoms with E-state index in [0.717, 1.165) is 6.42 Å². The first-order chi connectivity index (χ1) is 8.97. The maximum atomic E-state index is 11.0. The van der Waals surface area contributed by atoms with Gasteiger partial charge in [-0.15, -0.1) is 0 Å². The van der Waals surface area contributed by atoms with Crippen LogP contribution in [0.2, 0.25) is 0 Å². The van der Waals surface area contributed by atoms with Gasteiger partial charge in [0.1, 0.15) is 5.69 Å². The topological polar surface area (TPSA) is 110 Å². The number of hydrogen-bond acceptors (Lipinski definition) is 5. The summed E-state index contributed by atoms with van der Waals surface area (Å²) in [6.07, 6.45) is 1.24. The fourth-order valence-electron chi connectivity index (χ4n) is 1.79. The van der Waals surface area contributed by atoms with Crippen molar-refractivity contribution >= 4 is 17.5 Å². The summed E-state index contributed by atoms with van der Waals surface area (Å²) in [5.74, 6) is -0.524. The number of nitro groups is 1. The zero-order chi connectivity index (χ0) is 14.4. The molecule has 1 heterocycles. The maximum Gasteiger partial charge on any atom is 0.333 e. The van der Waals surface area contributed by atoms with Crippen molar-refractivity contribution in [3.05, 3.63) is 15.8 Å². The normalized spacial score (nSPS) is 10.4. The Balaban J connectivity index is 2.82. The van der Waals surface area contributed by atoms with Crippen molar-refractivity contribution in [1.82, 2.24) is 9.78 Å². The molecule has 1 rings (SSSR count). The van der Waals surface area contributed by atoms with Crippen LogP contribution in [0.15, 0.2) is 0 Å². The summed E-state index contributed by atoms with van der Waals surface area (Å²) in [6.45, 7) is 4.49. The van der Waals surface area contributed by atoms with Crippen molar-refractivity contribution in [2.24, 2.45) is 0 Å². The van der Waals surface area contributed by atoms with E-state index >= 15 is 0 Å². The number of aliphatic carboxylic acids is 1. The molecular weight excluding hydrogens is 252 g/mol. The minimum atomic E-state index is -0.880. The average Bonchev–Trinajstić information content (AvgIpc) is 2.61. The smallest absolute Gasteiger partial charge is 0.333 e. The molecule has 8 nitrogen and oxygen atoms in total. The van der Waals surface area contributed by atoms with Crippen molar-refractivity contribution in [2.75, 3.05) is 11.9 Å². The first-order valence-corrected chi connectivity index (χ1v) is 6.14. The molecule has 0 fully saturated rings. The Morgan fingerprint density at radius 1 is 1.58 bits per heavy atom. The molecule has 0 aliphatic carbocycles. The molecule has 0 unspecified atom stereocenters. The summed E-state index contributed by atoms with van der Waals surface area (Å²) in [6, 6.07) is 0. The zero-order valence-corrected chi connectivity index (χ0v) is 11.0. The minimum absolute atomic E-state index is 0.0295. The van der Waals surface area contributed by atoms with Gasteiger partial charge in [-0.05, 0) is 19.8 Å². The van der Waals surface area contributed by atoms with Gasteiger partial charge in [-0.2, -0.15) is 5.10 Å². The standard InChI is InChI=1S/C11H18N4O4/c1-3-7-14-11(12-6-4-5-9(16)17)10(15(18)19)8(2)13-14/h12H,3-7H2,1-2H3,(H,16,17). The molecule has 106 valence electrons. The molecule has 1 aromatic rings. The van der Waals surface area contributed by atoms with E-state index in [1.54, 1.807) is 11.6 Å². The number of hydrogen-bond donors (Lipinski definition) is 2. The summed E-state index contributed by atoms with van der Waals surface area (Å²) in [7, 11) is 0. The van der Waals surface area contributed by atoms with E-state index in [4.69, 9.17) is 5.11 Å². The fourth-order valence-corrected chi connectivity index (χ4v) is 1.79. The number of aryl methyl sites for hydroxylation is 2. The lowest BCUT2D eigenvalue weighted by Crippen LogP contribution is -2.11. The Morgan fingerprint density at radius 2 is 2.26 bits per heavy atom. The number of nitrogens with zero attached hydrogens (tertiary/aromatic N) is 3. The van der Waals surface area contributed by atoms with E-state index in [0.29, 0.717) is 31.0 Å². The largest absolute Gasteiger partial charge is 0.481 e. The van der Waals surface area contributed by atoms with Crippen molar-refractivity contribution in [1.29, 1.82) is 0 Å². The van der Waals surface area contributed by atoms with Crippen LogP contribution < -0.4 is 5.32 Å². The van der Waals surface area contributed by atoms with Crippen LogP contribution in [0.1, 0.15) is 31.9 Å². The lowest BCUT2D eigenvalue weighted by atomic mass is 10.3. The third-order valence-corrected chi connectivity index (χ3v) is 2.57. The molecule has 0 aliphatic rings. The zero-order valence-electron chi connectivity index (χ0n) is 11.0. The van der Waals surface area contributed by atoms with Crippen molar-refractivity contribution < 1.29 is 14.8 Å². The maximum absolute atomic E-state index is 11.0. The van der Waals surface area contributed by atoms with Gasteiger partial charge in [0.05, 0.1) is 4.92 Å². The molecule has 0 amide bonds. The highest BCUT2D eigenvalue weighted by Gasteiger charge is 2.24. The molecule has 0 spiro atoms. The third-order valence-electron chi connectivity index (χ3n) is 2.57. The number of nitrogens with one attached hydrogen (secondary N) is 1. The van der Waals surface area contributed by atoms with Crippen molar-refractivity contribution in [3.63, 3.8) is 0 Å². The second-order valence-corrected chi connectivity index (χ2v) is 4.19. The number of aromatic nitrogens is 2. The Labute approximate surface area is 110 Å². The molecule has 0 saturated carbocycles. The molecular formula is C11H18N4O4. The summed E-state index contributed by atoms with van der Waals surface area (Å²) in [5, 5.41) is 26.6. The minimum Gasteiger partial charge on any atom is -0.481 e. The lowest BCUT2D eigenvalue weighted by molar-refractivity contribution is -0.384. The number of carboxylic acid groups (broad SMARTS) is 1. The fraction of sp³-hybridized carbons (Fsp3) is 0.636. The summed E-state index contributed by atoms with van der Waals surface area (Å²) < 4.78 is 1.56. The van der Waals surface area contributed by atoms with Crippen LogP contribution in [-0.2, 0) is 11.3 Å². The van der Waals surface area contributed by atoms with E-state index in [1.165, 1.54) is 0 Å². The van der Waals surface area contributed by atoms with Gasteiger partial charge in [-0.25, -0.2) is 4.68 Å². The summed E-state index contributed by atoms with van der Waals surface area (Å²) in [4.78, 5) is 21.0. The van der Waals surface area contributed by atoms with Gasteiger partial charge in [0.15, 0.2) is 0 Å². The number of carbonyl (C=O) groups is 1. The van der Waals surface area contributed by atoms with Gasteiger partial charge in [0.2, 0.25) is 5.82 Å². The van der Waals surface area contributed by atoms with E-state index in [1.807, 2.05) is 6.92 Å². The molecule has 1 aromatic heterocycles. The summed E-state index contributed by atoms with van der Waals surface area (Å²) in [5.41, 5.74) is 0.322. The monoisotopic (exact) mass is 270 g/mol. The molecule has 0 aromatic carbocycles. The van der Waals surface area contributed by atoms with Crippen LogP contribution in [-0.4, -0.2) is 32.3 Å². The Hall–Kier alpha value is -2.12. The van der Waals surface area contributed by atoms with Gasteiger partial charge in [-0.1, -0.05) is 6.92 Å². The third kappa shape index (κ3) is 3.94. The van der Waals surface area contributed by atoms with Crippen LogP contribution in [0, 0.1) is 17.0 Å². The van der Waals surface area contributed by atoms with Crippen LogP contribution in [0.25, 0.3) is 0 Å². The van der Waals surface area contributed by atoms with E-state index in [-0.39, 0.29) is 12.1 Å². The van der Waals surface area contributed by atoms with Crippen LogP contribution in [0.4, 0.5) is 11.5 Å². The highest BCUT2D eigenvalue weighted by atomic mass is 16.6. The Bertz CT molecular complexity index is 470. The lowest BCUT2D eigenvalue weighted by Gasteiger charge is -2.07. The Kier molecular flexibility index (Phi) is 5.28. The van der Waals surface area contributed by atoms with Gasteiger partial charge >= 0.3 is 11.7 Å².